The molecular weight excluding hydrogens is 282 g/mol. The van der Waals surface area contributed by atoms with Crippen LogP contribution in [0.5, 0.6) is 0 Å². The van der Waals surface area contributed by atoms with Crippen molar-refractivity contribution < 1.29 is 4.52 Å². The lowest BCUT2D eigenvalue weighted by Crippen LogP contribution is -1.99. The SMILES string of the molecule is Clc1ccccc1NCc1nc(-c2cccs2)no1. The van der Waals surface area contributed by atoms with Gasteiger partial charge in [0.1, 0.15) is 0 Å². The molecule has 0 saturated heterocycles. The zero-order valence-corrected chi connectivity index (χ0v) is 11.4. The number of hydrogen-bond acceptors (Lipinski definition) is 5. The molecule has 19 heavy (non-hydrogen) atoms. The molecule has 0 bridgehead atoms. The van der Waals surface area contributed by atoms with E-state index in [2.05, 4.69) is 15.5 Å². The van der Waals surface area contributed by atoms with Crippen LogP contribution in [0.2, 0.25) is 5.02 Å². The van der Waals surface area contributed by atoms with E-state index in [-0.39, 0.29) is 0 Å². The summed E-state index contributed by atoms with van der Waals surface area (Å²) in [6, 6.07) is 11.4. The van der Waals surface area contributed by atoms with Gasteiger partial charge in [-0.2, -0.15) is 4.98 Å². The molecule has 0 aliphatic carbocycles. The molecule has 3 aromatic rings. The number of rotatable bonds is 4. The first-order chi connectivity index (χ1) is 9.33. The molecule has 0 spiro atoms. The number of nitrogens with one attached hydrogen (secondary N) is 1. The van der Waals surface area contributed by atoms with Crippen molar-refractivity contribution in [1.29, 1.82) is 0 Å². The van der Waals surface area contributed by atoms with E-state index in [4.69, 9.17) is 16.1 Å². The maximum atomic E-state index is 6.05. The lowest BCUT2D eigenvalue weighted by Gasteiger charge is -2.04. The number of aromatic nitrogens is 2. The van der Waals surface area contributed by atoms with Crippen molar-refractivity contribution >= 4 is 28.6 Å². The van der Waals surface area contributed by atoms with Crippen LogP contribution in [0.1, 0.15) is 5.89 Å². The molecule has 1 aromatic carbocycles. The van der Waals surface area contributed by atoms with Crippen LogP contribution in [0.15, 0.2) is 46.3 Å². The van der Waals surface area contributed by atoms with Gasteiger partial charge in [0.2, 0.25) is 11.7 Å². The molecule has 0 saturated carbocycles. The largest absolute Gasteiger partial charge is 0.375 e. The standard InChI is InChI=1S/C13H10ClN3OS/c14-9-4-1-2-5-10(9)15-8-12-16-13(17-18-12)11-6-3-7-19-11/h1-7,15H,8H2. The number of anilines is 1. The Hall–Kier alpha value is -1.85. The summed E-state index contributed by atoms with van der Waals surface area (Å²) in [6.07, 6.45) is 0. The highest BCUT2D eigenvalue weighted by molar-refractivity contribution is 7.13. The molecule has 0 fully saturated rings. The molecular formula is C13H10ClN3OS. The Morgan fingerprint density at radius 3 is 2.89 bits per heavy atom. The summed E-state index contributed by atoms with van der Waals surface area (Å²) < 4.78 is 5.19. The number of hydrogen-bond donors (Lipinski definition) is 1. The summed E-state index contributed by atoms with van der Waals surface area (Å²) in [4.78, 5) is 5.32. The fourth-order valence-electron chi connectivity index (χ4n) is 1.61. The summed E-state index contributed by atoms with van der Waals surface area (Å²) in [5.74, 6) is 1.15. The Bertz CT molecular complexity index is 666. The summed E-state index contributed by atoms with van der Waals surface area (Å²) in [5.41, 5.74) is 0.847. The summed E-state index contributed by atoms with van der Waals surface area (Å²) in [6.45, 7) is 0.447. The minimum atomic E-state index is 0.447. The smallest absolute Gasteiger partial charge is 0.246 e. The van der Waals surface area contributed by atoms with Crippen LogP contribution in [0.25, 0.3) is 10.7 Å². The van der Waals surface area contributed by atoms with Gasteiger partial charge in [0.25, 0.3) is 0 Å². The van der Waals surface area contributed by atoms with Gasteiger partial charge in [-0.1, -0.05) is 35.0 Å². The average Bonchev–Trinajstić information content (AvgIpc) is 3.09. The molecule has 1 N–H and O–H groups in total. The highest BCUT2D eigenvalue weighted by Gasteiger charge is 2.09. The van der Waals surface area contributed by atoms with Gasteiger partial charge >= 0.3 is 0 Å². The molecule has 96 valence electrons. The zero-order chi connectivity index (χ0) is 13.1. The van der Waals surface area contributed by atoms with Crippen LogP contribution >= 0.6 is 22.9 Å². The van der Waals surface area contributed by atoms with Crippen molar-refractivity contribution in [3.63, 3.8) is 0 Å². The maximum absolute atomic E-state index is 6.05. The van der Waals surface area contributed by atoms with Crippen molar-refractivity contribution in [2.75, 3.05) is 5.32 Å². The minimum Gasteiger partial charge on any atom is -0.375 e. The topological polar surface area (TPSA) is 51.0 Å². The van der Waals surface area contributed by atoms with E-state index >= 15 is 0 Å². The molecule has 0 aliphatic heterocycles. The molecule has 0 radical (unpaired) electrons. The Labute approximate surface area is 119 Å². The molecule has 0 atom stereocenters. The number of halogens is 1. The first-order valence-electron chi connectivity index (χ1n) is 5.68. The second kappa shape index (κ2) is 5.42. The van der Waals surface area contributed by atoms with Gasteiger partial charge in [0, 0.05) is 0 Å². The molecule has 2 heterocycles. The van der Waals surface area contributed by atoms with Crippen molar-refractivity contribution in [2.45, 2.75) is 6.54 Å². The van der Waals surface area contributed by atoms with Gasteiger partial charge < -0.3 is 9.84 Å². The second-order valence-electron chi connectivity index (χ2n) is 3.82. The van der Waals surface area contributed by atoms with Crippen LogP contribution in [0, 0.1) is 0 Å². The second-order valence-corrected chi connectivity index (χ2v) is 5.18. The first kappa shape index (κ1) is 12.2. The Morgan fingerprint density at radius 2 is 2.11 bits per heavy atom. The zero-order valence-electron chi connectivity index (χ0n) is 9.84. The maximum Gasteiger partial charge on any atom is 0.246 e. The van der Waals surface area contributed by atoms with E-state index < -0.39 is 0 Å². The molecule has 0 unspecified atom stereocenters. The molecule has 6 heteroatoms. The number of thiophene rings is 1. The minimum absolute atomic E-state index is 0.447. The molecule has 0 amide bonds. The molecule has 4 nitrogen and oxygen atoms in total. The van der Waals surface area contributed by atoms with E-state index in [1.54, 1.807) is 11.3 Å². The fraction of sp³-hybridized carbons (Fsp3) is 0.0769. The monoisotopic (exact) mass is 291 g/mol. The van der Waals surface area contributed by atoms with Crippen LogP contribution in [0.3, 0.4) is 0 Å². The van der Waals surface area contributed by atoms with Gasteiger partial charge in [-0.15, -0.1) is 11.3 Å². The normalized spacial score (nSPS) is 10.6. The highest BCUT2D eigenvalue weighted by atomic mass is 35.5. The predicted molar refractivity (Wildman–Crippen MR) is 76.4 cm³/mol. The third-order valence-corrected chi connectivity index (χ3v) is 3.71. The third kappa shape index (κ3) is 2.77. The van der Waals surface area contributed by atoms with Crippen LogP contribution in [-0.2, 0) is 6.54 Å². The third-order valence-electron chi connectivity index (χ3n) is 2.51. The summed E-state index contributed by atoms with van der Waals surface area (Å²) in [5, 5.41) is 9.75. The lowest BCUT2D eigenvalue weighted by molar-refractivity contribution is 0.384. The van der Waals surface area contributed by atoms with E-state index in [1.807, 2.05) is 41.8 Å². The average molecular weight is 292 g/mol. The Morgan fingerprint density at radius 1 is 1.21 bits per heavy atom. The van der Waals surface area contributed by atoms with Gasteiger partial charge in [0.15, 0.2) is 0 Å². The molecule has 0 aliphatic rings. The van der Waals surface area contributed by atoms with Crippen LogP contribution in [-0.4, -0.2) is 10.1 Å². The van der Waals surface area contributed by atoms with E-state index in [9.17, 15) is 0 Å². The number of benzene rings is 1. The van der Waals surface area contributed by atoms with Crippen molar-refractivity contribution in [3.05, 3.63) is 52.7 Å². The van der Waals surface area contributed by atoms with Crippen LogP contribution < -0.4 is 5.32 Å². The predicted octanol–water partition coefficient (Wildman–Crippen LogP) is 4.06. The molecule has 2 aromatic heterocycles. The van der Waals surface area contributed by atoms with E-state index in [0.717, 1.165) is 10.6 Å². The van der Waals surface area contributed by atoms with Gasteiger partial charge in [0.05, 0.1) is 22.1 Å². The van der Waals surface area contributed by atoms with Crippen molar-refractivity contribution in [3.8, 4) is 10.7 Å². The molecule has 3 rings (SSSR count). The summed E-state index contributed by atoms with van der Waals surface area (Å²) in [7, 11) is 0. The quantitative estimate of drug-likeness (QED) is 0.787. The first-order valence-corrected chi connectivity index (χ1v) is 6.93. The Balaban J connectivity index is 1.70. The van der Waals surface area contributed by atoms with E-state index in [0.29, 0.717) is 23.3 Å². The lowest BCUT2D eigenvalue weighted by atomic mass is 10.3. The van der Waals surface area contributed by atoms with Crippen molar-refractivity contribution in [1.82, 2.24) is 10.1 Å². The number of nitrogens with zero attached hydrogens (tertiary/aromatic N) is 2. The van der Waals surface area contributed by atoms with Gasteiger partial charge in [-0.3, -0.25) is 0 Å². The van der Waals surface area contributed by atoms with Gasteiger partial charge in [-0.25, -0.2) is 0 Å². The fourth-order valence-corrected chi connectivity index (χ4v) is 2.46. The highest BCUT2D eigenvalue weighted by Crippen LogP contribution is 2.23. The Kier molecular flexibility index (Phi) is 3.48. The summed E-state index contributed by atoms with van der Waals surface area (Å²) >= 11 is 7.63. The van der Waals surface area contributed by atoms with E-state index in [1.165, 1.54) is 0 Å². The van der Waals surface area contributed by atoms with Gasteiger partial charge in [-0.05, 0) is 23.6 Å². The van der Waals surface area contributed by atoms with Crippen LogP contribution in [0.4, 0.5) is 5.69 Å². The number of para-hydroxylation sites is 1. The van der Waals surface area contributed by atoms with Crippen molar-refractivity contribution in [2.24, 2.45) is 0 Å².